The molecule has 206 valence electrons. The van der Waals surface area contributed by atoms with E-state index in [1.54, 1.807) is 16.8 Å². The Labute approximate surface area is 236 Å². The van der Waals surface area contributed by atoms with Gasteiger partial charge in [-0.1, -0.05) is 79.0 Å². The van der Waals surface area contributed by atoms with Crippen LogP contribution in [-0.4, -0.2) is 49.9 Å². The Bertz CT molecular complexity index is 1400. The third kappa shape index (κ3) is 6.93. The molecule has 4 aromatic rings. The number of nitrogens with zero attached hydrogens (tertiary/aromatic N) is 4. The molecule has 0 bridgehead atoms. The van der Waals surface area contributed by atoms with Crippen molar-refractivity contribution in [3.63, 3.8) is 0 Å². The zero-order valence-electron chi connectivity index (χ0n) is 21.6. The van der Waals surface area contributed by atoms with E-state index < -0.39 is 12.4 Å². The van der Waals surface area contributed by atoms with Gasteiger partial charge in [0, 0.05) is 23.4 Å². The maximum absolute atomic E-state index is 11.9. The second kappa shape index (κ2) is 13.4. The average molecular weight is 560 g/mol. The van der Waals surface area contributed by atoms with Crippen LogP contribution in [0.3, 0.4) is 0 Å². The minimum Gasteiger partial charge on any atom is -0.445 e. The summed E-state index contributed by atoms with van der Waals surface area (Å²) < 4.78 is 19.5. The number of hydrogen-bond acceptors (Lipinski definition) is 9. The first kappa shape index (κ1) is 27.5. The van der Waals surface area contributed by atoms with Crippen molar-refractivity contribution in [2.75, 3.05) is 17.7 Å². The molecule has 3 unspecified atom stereocenters. The van der Waals surface area contributed by atoms with Gasteiger partial charge in [0.25, 0.3) is 0 Å². The third-order valence-electron chi connectivity index (χ3n) is 6.22. The molecule has 2 heterocycles. The molecule has 0 saturated carbocycles. The lowest BCUT2D eigenvalue weighted by Gasteiger charge is -2.36. The number of nitrogens with one attached hydrogen (secondary N) is 1. The first-order chi connectivity index (χ1) is 19.6. The van der Waals surface area contributed by atoms with E-state index in [4.69, 9.17) is 14.2 Å². The van der Waals surface area contributed by atoms with Crippen LogP contribution in [0.4, 0.5) is 10.5 Å². The van der Waals surface area contributed by atoms with E-state index in [1.807, 2.05) is 66.7 Å². The molecule has 2 N–H and O–H groups in total. The molecule has 5 rings (SSSR count). The Morgan fingerprint density at radius 3 is 2.55 bits per heavy atom. The lowest BCUT2D eigenvalue weighted by Crippen LogP contribution is -2.31. The van der Waals surface area contributed by atoms with E-state index >= 15 is 0 Å². The molecule has 0 radical (unpaired) electrons. The number of para-hydroxylation sites is 1. The first-order valence-electron chi connectivity index (χ1n) is 12.7. The Morgan fingerprint density at radius 2 is 1.82 bits per heavy atom. The molecule has 1 aliphatic heterocycles. The Hall–Kier alpha value is -4.03. The van der Waals surface area contributed by atoms with E-state index in [0.717, 1.165) is 22.4 Å². The van der Waals surface area contributed by atoms with E-state index in [2.05, 4.69) is 27.4 Å². The summed E-state index contributed by atoms with van der Waals surface area (Å²) in [5.41, 5.74) is 4.11. The van der Waals surface area contributed by atoms with Crippen LogP contribution >= 0.6 is 11.8 Å². The van der Waals surface area contributed by atoms with Crippen molar-refractivity contribution >= 4 is 23.5 Å². The SMILES string of the molecule is C=CCOC(=O)Nc1ccc(C2OC(CSc3nnnn3-c3ccccc3)CC(c3ccc(CO)cc3)O2)cc1. The fourth-order valence-corrected chi connectivity index (χ4v) is 5.11. The number of benzene rings is 3. The summed E-state index contributed by atoms with van der Waals surface area (Å²) in [6.07, 6.45) is 0.551. The normalized spacial score (nSPS) is 18.7. The minimum atomic E-state index is -0.631. The summed E-state index contributed by atoms with van der Waals surface area (Å²) in [6, 6.07) is 24.7. The molecular weight excluding hydrogens is 530 g/mol. The molecule has 11 heteroatoms. The number of anilines is 1. The maximum Gasteiger partial charge on any atom is 0.411 e. The number of aromatic nitrogens is 4. The van der Waals surface area contributed by atoms with Crippen LogP contribution in [-0.2, 0) is 20.8 Å². The number of carbonyl (C=O) groups is 1. The molecule has 1 amide bonds. The fourth-order valence-electron chi connectivity index (χ4n) is 4.20. The lowest BCUT2D eigenvalue weighted by molar-refractivity contribution is -0.245. The van der Waals surface area contributed by atoms with Crippen molar-refractivity contribution in [1.82, 2.24) is 20.2 Å². The highest BCUT2D eigenvalue weighted by Gasteiger charge is 2.32. The van der Waals surface area contributed by atoms with Gasteiger partial charge in [0.15, 0.2) is 6.29 Å². The molecule has 40 heavy (non-hydrogen) atoms. The second-order valence-corrected chi connectivity index (χ2v) is 9.99. The summed E-state index contributed by atoms with van der Waals surface area (Å²) in [5, 5.41) is 25.0. The van der Waals surface area contributed by atoms with Gasteiger partial charge in [0.1, 0.15) is 6.61 Å². The molecule has 0 aliphatic carbocycles. The molecule has 0 spiro atoms. The van der Waals surface area contributed by atoms with E-state index in [1.165, 1.54) is 17.8 Å². The van der Waals surface area contributed by atoms with Gasteiger partial charge in [-0.2, -0.15) is 4.68 Å². The number of hydrogen-bond donors (Lipinski definition) is 2. The summed E-state index contributed by atoms with van der Waals surface area (Å²) in [5.74, 6) is 0.604. The zero-order chi connectivity index (χ0) is 27.7. The van der Waals surface area contributed by atoms with E-state index in [-0.39, 0.29) is 25.4 Å². The highest BCUT2D eigenvalue weighted by atomic mass is 32.2. The molecule has 1 fully saturated rings. The van der Waals surface area contributed by atoms with Crippen LogP contribution in [0.2, 0.25) is 0 Å². The van der Waals surface area contributed by atoms with Crippen molar-refractivity contribution < 1.29 is 24.1 Å². The average Bonchev–Trinajstić information content (AvgIpc) is 3.48. The number of ether oxygens (including phenoxy) is 3. The quantitative estimate of drug-likeness (QED) is 0.199. The molecule has 1 aromatic heterocycles. The summed E-state index contributed by atoms with van der Waals surface area (Å²) in [6.45, 7) is 3.65. The largest absolute Gasteiger partial charge is 0.445 e. The summed E-state index contributed by atoms with van der Waals surface area (Å²) in [4.78, 5) is 11.9. The van der Waals surface area contributed by atoms with Gasteiger partial charge in [-0.25, -0.2) is 4.79 Å². The molecule has 10 nitrogen and oxygen atoms in total. The van der Waals surface area contributed by atoms with Crippen LogP contribution in [0.5, 0.6) is 0 Å². The number of thioether (sulfide) groups is 1. The lowest BCUT2D eigenvalue weighted by atomic mass is 10.0. The van der Waals surface area contributed by atoms with Crippen molar-refractivity contribution in [1.29, 1.82) is 0 Å². The van der Waals surface area contributed by atoms with Gasteiger partial charge in [0.05, 0.1) is 24.5 Å². The van der Waals surface area contributed by atoms with Crippen molar-refractivity contribution in [2.24, 2.45) is 0 Å². The second-order valence-electron chi connectivity index (χ2n) is 9.00. The van der Waals surface area contributed by atoms with Gasteiger partial charge in [-0.15, -0.1) is 5.10 Å². The predicted octanol–water partition coefficient (Wildman–Crippen LogP) is 5.23. The van der Waals surface area contributed by atoms with Crippen molar-refractivity contribution in [3.05, 3.63) is 108 Å². The predicted molar refractivity (Wildman–Crippen MR) is 150 cm³/mol. The first-order valence-corrected chi connectivity index (χ1v) is 13.7. The van der Waals surface area contributed by atoms with Gasteiger partial charge in [-0.05, 0) is 45.8 Å². The number of carbonyl (C=O) groups excluding carboxylic acids is 1. The van der Waals surface area contributed by atoms with Crippen molar-refractivity contribution in [3.8, 4) is 5.69 Å². The fraction of sp³-hybridized carbons (Fsp3) is 0.241. The van der Waals surface area contributed by atoms with Crippen LogP contribution in [0.1, 0.15) is 35.5 Å². The standard InChI is InChI=1S/C29H29N5O5S/c1-2-16-37-29(36)30-23-14-12-22(13-15-23)27-38-25(17-26(39-27)21-10-8-20(18-35)9-11-21)19-40-28-31-32-33-34(28)24-6-4-3-5-7-24/h2-15,25-27,35H,1,16-19H2,(H,30,36). The number of amides is 1. The smallest absolute Gasteiger partial charge is 0.411 e. The Balaban J connectivity index is 1.31. The minimum absolute atomic E-state index is 0.0194. The van der Waals surface area contributed by atoms with Crippen LogP contribution in [0.15, 0.2) is 96.7 Å². The topological polar surface area (TPSA) is 121 Å². The van der Waals surface area contributed by atoms with Gasteiger partial charge in [0.2, 0.25) is 5.16 Å². The zero-order valence-corrected chi connectivity index (χ0v) is 22.4. The van der Waals surface area contributed by atoms with Crippen LogP contribution in [0, 0.1) is 0 Å². The Morgan fingerprint density at radius 1 is 1.07 bits per heavy atom. The van der Waals surface area contributed by atoms with Gasteiger partial charge < -0.3 is 19.3 Å². The van der Waals surface area contributed by atoms with Crippen molar-refractivity contribution in [2.45, 2.75) is 36.7 Å². The molecule has 1 saturated heterocycles. The molecule has 3 aromatic carbocycles. The van der Waals surface area contributed by atoms with Crippen LogP contribution in [0.25, 0.3) is 5.69 Å². The van der Waals surface area contributed by atoms with Gasteiger partial charge >= 0.3 is 6.09 Å². The number of aliphatic hydroxyl groups is 1. The Kier molecular flexibility index (Phi) is 9.19. The van der Waals surface area contributed by atoms with Crippen LogP contribution < -0.4 is 5.32 Å². The summed E-state index contributed by atoms with van der Waals surface area (Å²) in [7, 11) is 0. The highest BCUT2D eigenvalue weighted by Crippen LogP contribution is 2.39. The number of tetrazole rings is 1. The monoisotopic (exact) mass is 559 g/mol. The molecular formula is C29H29N5O5S. The van der Waals surface area contributed by atoms with E-state index in [9.17, 15) is 9.90 Å². The maximum atomic E-state index is 11.9. The third-order valence-corrected chi connectivity index (χ3v) is 7.27. The van der Waals surface area contributed by atoms with Gasteiger partial charge in [-0.3, -0.25) is 5.32 Å². The number of aliphatic hydroxyl groups excluding tert-OH is 1. The molecule has 1 aliphatic rings. The summed E-state index contributed by atoms with van der Waals surface area (Å²) >= 11 is 1.52. The highest BCUT2D eigenvalue weighted by molar-refractivity contribution is 7.99. The van der Waals surface area contributed by atoms with E-state index in [0.29, 0.717) is 23.0 Å². The molecule has 3 atom stereocenters. The number of rotatable bonds is 10.